The minimum Gasteiger partial charge on any atom is -0.486 e. The number of imidazole rings is 1. The molecule has 0 spiro atoms. The predicted octanol–water partition coefficient (Wildman–Crippen LogP) is 5.05. The minimum absolute atomic E-state index is 0.0428. The van der Waals surface area contributed by atoms with Crippen molar-refractivity contribution in [3.8, 4) is 5.75 Å². The Hall–Kier alpha value is -3.84. The summed E-state index contributed by atoms with van der Waals surface area (Å²) in [6.07, 6.45) is 6.19. The van der Waals surface area contributed by atoms with Crippen LogP contribution in [0.4, 0.5) is 16.2 Å². The molecule has 2 aromatic carbocycles. The molecule has 1 atom stereocenters. The number of hydrogen-bond acceptors (Lipinski definition) is 4. The fourth-order valence-corrected chi connectivity index (χ4v) is 3.41. The summed E-state index contributed by atoms with van der Waals surface area (Å²) in [6.45, 7) is 0.921. The Labute approximate surface area is 187 Å². The molecule has 0 bridgehead atoms. The Morgan fingerprint density at radius 1 is 1.00 bits per heavy atom. The monoisotopic (exact) mass is 429 g/mol. The summed E-state index contributed by atoms with van der Waals surface area (Å²) in [6, 6.07) is 21.0. The maximum atomic E-state index is 12.4. The van der Waals surface area contributed by atoms with E-state index in [0.29, 0.717) is 11.4 Å². The van der Waals surface area contributed by atoms with Crippen LogP contribution < -0.4 is 15.4 Å². The first-order valence-corrected chi connectivity index (χ1v) is 10.5. The number of anilines is 2. The van der Waals surface area contributed by atoms with Gasteiger partial charge in [-0.25, -0.2) is 9.78 Å². The van der Waals surface area contributed by atoms with Crippen molar-refractivity contribution in [2.24, 2.45) is 0 Å². The van der Waals surface area contributed by atoms with Gasteiger partial charge in [0, 0.05) is 37.2 Å². The van der Waals surface area contributed by atoms with Gasteiger partial charge in [0.2, 0.25) is 0 Å². The number of carbonyl (C=O) groups excluding carboxylic acids is 1. The van der Waals surface area contributed by atoms with Crippen LogP contribution in [0.25, 0.3) is 5.65 Å². The number of aromatic nitrogens is 2. The number of nitrogens with one attached hydrogen (secondary N) is 2. The molecular formula is C25H27N5O2. The normalized spacial score (nSPS) is 12.0. The van der Waals surface area contributed by atoms with E-state index in [4.69, 9.17) is 4.74 Å². The van der Waals surface area contributed by atoms with Gasteiger partial charge >= 0.3 is 6.03 Å². The molecule has 2 aromatic heterocycles. The Bertz CT molecular complexity index is 1160. The fraction of sp³-hybridized carbons (Fsp3) is 0.200. The second kappa shape index (κ2) is 9.98. The van der Waals surface area contributed by atoms with E-state index in [1.54, 1.807) is 6.20 Å². The molecule has 4 rings (SSSR count). The van der Waals surface area contributed by atoms with Crippen molar-refractivity contribution >= 4 is 23.1 Å². The first-order chi connectivity index (χ1) is 15.6. The van der Waals surface area contributed by atoms with E-state index in [0.717, 1.165) is 29.9 Å². The van der Waals surface area contributed by atoms with Crippen LogP contribution >= 0.6 is 0 Å². The number of hydrogen-bond donors (Lipinski definition) is 2. The SMILES string of the molecule is CN(C)CCC(Oc1ccc(NC(=O)Nc2ccc3nccn3c2)cc1)c1ccccc1. The number of nitrogens with zero attached hydrogens (tertiary/aromatic N) is 3. The second-order valence-corrected chi connectivity index (χ2v) is 7.82. The van der Waals surface area contributed by atoms with Gasteiger partial charge in [0.05, 0.1) is 5.69 Å². The summed E-state index contributed by atoms with van der Waals surface area (Å²) < 4.78 is 8.12. The molecular weight excluding hydrogens is 402 g/mol. The topological polar surface area (TPSA) is 70.9 Å². The van der Waals surface area contributed by atoms with Crippen LogP contribution in [-0.2, 0) is 0 Å². The van der Waals surface area contributed by atoms with Gasteiger partial charge in [0.1, 0.15) is 17.5 Å². The lowest BCUT2D eigenvalue weighted by Crippen LogP contribution is -2.20. The van der Waals surface area contributed by atoms with E-state index < -0.39 is 0 Å². The molecule has 164 valence electrons. The molecule has 2 heterocycles. The summed E-state index contributed by atoms with van der Waals surface area (Å²) in [7, 11) is 4.11. The number of benzene rings is 2. The maximum absolute atomic E-state index is 12.4. The molecule has 0 aliphatic carbocycles. The number of rotatable bonds is 8. The Kier molecular flexibility index (Phi) is 6.67. The standard InChI is InChI=1S/C25H27N5O2/c1-29(2)16-14-23(19-6-4-3-5-7-19)32-22-11-8-20(9-12-22)27-25(31)28-21-10-13-24-26-15-17-30(24)18-21/h3-13,15,17-18,23H,14,16H2,1-2H3,(H2,27,28,31). The number of fused-ring (bicyclic) bond motifs is 1. The largest absolute Gasteiger partial charge is 0.486 e. The third kappa shape index (κ3) is 5.65. The van der Waals surface area contributed by atoms with E-state index >= 15 is 0 Å². The van der Waals surface area contributed by atoms with Gasteiger partial charge in [-0.1, -0.05) is 30.3 Å². The third-order valence-electron chi connectivity index (χ3n) is 5.05. The van der Waals surface area contributed by atoms with Crippen LogP contribution in [0.2, 0.25) is 0 Å². The lowest BCUT2D eigenvalue weighted by molar-refractivity contribution is 0.179. The zero-order chi connectivity index (χ0) is 22.3. The van der Waals surface area contributed by atoms with Crippen LogP contribution in [-0.4, -0.2) is 41.0 Å². The summed E-state index contributed by atoms with van der Waals surface area (Å²) >= 11 is 0. The third-order valence-corrected chi connectivity index (χ3v) is 5.05. The first kappa shape index (κ1) is 21.4. The number of carbonyl (C=O) groups is 1. The summed E-state index contributed by atoms with van der Waals surface area (Å²) in [5.74, 6) is 0.758. The van der Waals surface area contributed by atoms with Crippen molar-refractivity contribution in [2.45, 2.75) is 12.5 Å². The lowest BCUT2D eigenvalue weighted by Gasteiger charge is -2.21. The van der Waals surface area contributed by atoms with E-state index in [2.05, 4.69) is 46.7 Å². The molecule has 4 aromatic rings. The first-order valence-electron chi connectivity index (χ1n) is 10.5. The van der Waals surface area contributed by atoms with Gasteiger partial charge in [-0.15, -0.1) is 0 Å². The van der Waals surface area contributed by atoms with Crippen molar-refractivity contribution in [2.75, 3.05) is 31.3 Å². The molecule has 1 unspecified atom stereocenters. The van der Waals surface area contributed by atoms with Gasteiger partial charge in [-0.2, -0.15) is 0 Å². The zero-order valence-electron chi connectivity index (χ0n) is 18.2. The number of urea groups is 1. The van der Waals surface area contributed by atoms with Crippen molar-refractivity contribution < 1.29 is 9.53 Å². The molecule has 0 saturated carbocycles. The molecule has 32 heavy (non-hydrogen) atoms. The smallest absolute Gasteiger partial charge is 0.323 e. The van der Waals surface area contributed by atoms with Gasteiger partial charge in [-0.3, -0.25) is 0 Å². The fourth-order valence-electron chi connectivity index (χ4n) is 3.41. The number of amides is 2. The maximum Gasteiger partial charge on any atom is 0.323 e. The van der Waals surface area contributed by atoms with Crippen molar-refractivity contribution in [3.05, 3.63) is 90.9 Å². The van der Waals surface area contributed by atoms with Crippen LogP contribution in [0.5, 0.6) is 5.75 Å². The zero-order valence-corrected chi connectivity index (χ0v) is 18.2. The number of ether oxygens (including phenoxy) is 1. The van der Waals surface area contributed by atoms with Crippen LogP contribution in [0.15, 0.2) is 85.3 Å². The number of pyridine rings is 1. The summed E-state index contributed by atoms with van der Waals surface area (Å²) in [5, 5.41) is 5.68. The van der Waals surface area contributed by atoms with Gasteiger partial charge in [-0.05, 0) is 56.1 Å². The highest BCUT2D eigenvalue weighted by molar-refractivity contribution is 5.99. The van der Waals surface area contributed by atoms with E-state index in [1.165, 1.54) is 0 Å². The molecule has 0 fully saturated rings. The highest BCUT2D eigenvalue weighted by Crippen LogP contribution is 2.26. The average molecular weight is 430 g/mol. The second-order valence-electron chi connectivity index (χ2n) is 7.82. The van der Waals surface area contributed by atoms with E-state index in [9.17, 15) is 4.79 Å². The molecule has 7 heteroatoms. The van der Waals surface area contributed by atoms with Crippen molar-refractivity contribution in [1.82, 2.24) is 14.3 Å². The van der Waals surface area contributed by atoms with Crippen LogP contribution in [0, 0.1) is 0 Å². The quantitative estimate of drug-likeness (QED) is 0.411. The predicted molar refractivity (Wildman–Crippen MR) is 127 cm³/mol. The molecule has 0 aliphatic rings. The highest BCUT2D eigenvalue weighted by atomic mass is 16.5. The van der Waals surface area contributed by atoms with E-state index in [-0.39, 0.29) is 12.1 Å². The van der Waals surface area contributed by atoms with Crippen LogP contribution in [0.3, 0.4) is 0 Å². The Morgan fingerprint density at radius 2 is 1.72 bits per heavy atom. The lowest BCUT2D eigenvalue weighted by atomic mass is 10.1. The van der Waals surface area contributed by atoms with E-state index in [1.807, 2.05) is 71.4 Å². The van der Waals surface area contributed by atoms with Gasteiger partial charge in [0.25, 0.3) is 0 Å². The van der Waals surface area contributed by atoms with Gasteiger partial charge < -0.3 is 24.7 Å². The highest BCUT2D eigenvalue weighted by Gasteiger charge is 2.14. The van der Waals surface area contributed by atoms with Gasteiger partial charge in [0.15, 0.2) is 0 Å². The molecule has 2 amide bonds. The van der Waals surface area contributed by atoms with Crippen molar-refractivity contribution in [1.29, 1.82) is 0 Å². The molecule has 2 N–H and O–H groups in total. The Morgan fingerprint density at radius 3 is 2.47 bits per heavy atom. The van der Waals surface area contributed by atoms with Crippen molar-refractivity contribution in [3.63, 3.8) is 0 Å². The molecule has 0 saturated heterocycles. The average Bonchev–Trinajstić information content (AvgIpc) is 3.26. The summed E-state index contributed by atoms with van der Waals surface area (Å²) in [4.78, 5) is 18.7. The Balaban J connectivity index is 1.37. The summed E-state index contributed by atoms with van der Waals surface area (Å²) in [5.41, 5.74) is 3.33. The molecule has 7 nitrogen and oxygen atoms in total. The minimum atomic E-state index is -0.314. The van der Waals surface area contributed by atoms with Crippen LogP contribution in [0.1, 0.15) is 18.1 Å². The molecule has 0 aliphatic heterocycles. The molecule has 0 radical (unpaired) electrons.